The van der Waals surface area contributed by atoms with E-state index in [2.05, 4.69) is 4.90 Å². The van der Waals surface area contributed by atoms with E-state index in [1.54, 1.807) is 0 Å². The van der Waals surface area contributed by atoms with Crippen LogP contribution in [0.15, 0.2) is 0 Å². The minimum absolute atomic E-state index is 0.0742. The number of carbonyl (C=O) groups is 2. The first-order valence-electron chi connectivity index (χ1n) is 9.53. The number of rotatable bonds is 4. The molecule has 3 rings (SSSR count). The van der Waals surface area contributed by atoms with Gasteiger partial charge in [0.05, 0.1) is 18.1 Å². The van der Waals surface area contributed by atoms with Crippen LogP contribution in [0.2, 0.25) is 0 Å². The van der Waals surface area contributed by atoms with Crippen LogP contribution in [-0.4, -0.2) is 59.0 Å². The number of likely N-dealkylation sites (tertiary alicyclic amines) is 2. The number of β-amino-alcohol motifs (C(OH)–C–C–N with tert-alkyl or cyclic N) is 1. The molecule has 0 unspecified atom stereocenters. The van der Waals surface area contributed by atoms with Crippen LogP contribution in [0.25, 0.3) is 0 Å². The third-order valence-electron chi connectivity index (χ3n) is 7.07. The van der Waals surface area contributed by atoms with Crippen LogP contribution < -0.4 is 0 Å². The van der Waals surface area contributed by atoms with Gasteiger partial charge in [-0.2, -0.15) is 0 Å². The van der Waals surface area contributed by atoms with Crippen molar-refractivity contribution in [3.8, 4) is 0 Å². The second-order valence-corrected chi connectivity index (χ2v) is 8.77. The van der Waals surface area contributed by atoms with Crippen LogP contribution in [0.1, 0.15) is 59.3 Å². The molecule has 3 atom stereocenters. The summed E-state index contributed by atoms with van der Waals surface area (Å²) in [5.41, 5.74) is -0.763. The van der Waals surface area contributed by atoms with Crippen molar-refractivity contribution >= 4 is 11.8 Å². The van der Waals surface area contributed by atoms with E-state index in [0.29, 0.717) is 6.54 Å². The summed E-state index contributed by atoms with van der Waals surface area (Å²) in [6.45, 7) is 8.81. The summed E-state index contributed by atoms with van der Waals surface area (Å²) < 4.78 is 0. The zero-order chi connectivity index (χ0) is 17.5. The van der Waals surface area contributed by atoms with Crippen molar-refractivity contribution in [2.45, 2.75) is 65.4 Å². The van der Waals surface area contributed by atoms with Crippen LogP contribution in [0.4, 0.5) is 0 Å². The van der Waals surface area contributed by atoms with Crippen molar-refractivity contribution in [1.29, 1.82) is 0 Å². The predicted molar refractivity (Wildman–Crippen MR) is 92.2 cm³/mol. The Morgan fingerprint density at radius 2 is 1.71 bits per heavy atom. The minimum Gasteiger partial charge on any atom is -0.390 e. The number of hydrogen-bond donors (Lipinski definition) is 1. The van der Waals surface area contributed by atoms with E-state index in [1.807, 2.05) is 20.8 Å². The Labute approximate surface area is 145 Å². The topological polar surface area (TPSA) is 60.9 Å². The highest BCUT2D eigenvalue weighted by Crippen LogP contribution is 2.60. The lowest BCUT2D eigenvalue weighted by atomic mass is 9.62. The monoisotopic (exact) mass is 336 g/mol. The largest absolute Gasteiger partial charge is 0.390 e. The van der Waals surface area contributed by atoms with Gasteiger partial charge in [0.15, 0.2) is 0 Å². The molecule has 0 aromatic rings. The molecule has 0 radical (unpaired) electrons. The van der Waals surface area contributed by atoms with Crippen molar-refractivity contribution in [1.82, 2.24) is 9.80 Å². The second kappa shape index (κ2) is 6.41. The highest BCUT2D eigenvalue weighted by atomic mass is 16.3. The van der Waals surface area contributed by atoms with Gasteiger partial charge in [-0.15, -0.1) is 0 Å². The molecule has 3 aliphatic rings. The molecule has 0 aromatic carbocycles. The highest BCUT2D eigenvalue weighted by Gasteiger charge is 2.64. The normalized spacial score (nSPS) is 35.2. The summed E-state index contributed by atoms with van der Waals surface area (Å²) in [6, 6.07) is 0. The molecule has 0 aromatic heterocycles. The Morgan fingerprint density at radius 3 is 2.33 bits per heavy atom. The van der Waals surface area contributed by atoms with E-state index < -0.39 is 11.5 Å². The first-order valence-corrected chi connectivity index (χ1v) is 9.53. The summed E-state index contributed by atoms with van der Waals surface area (Å²) in [6.07, 6.45) is 5.75. The van der Waals surface area contributed by atoms with Crippen molar-refractivity contribution in [2.75, 3.05) is 26.2 Å². The Hall–Kier alpha value is -0.940. The molecule has 3 fully saturated rings. The number of nitrogens with zero attached hydrogens (tertiary/aromatic N) is 2. The summed E-state index contributed by atoms with van der Waals surface area (Å²) in [5, 5.41) is 10.5. The smallest absolute Gasteiger partial charge is 0.235 e. The van der Waals surface area contributed by atoms with E-state index in [1.165, 1.54) is 30.6 Å². The molecule has 136 valence electrons. The van der Waals surface area contributed by atoms with Gasteiger partial charge in [0.25, 0.3) is 0 Å². The maximum Gasteiger partial charge on any atom is 0.235 e. The lowest BCUT2D eigenvalue weighted by Crippen LogP contribution is -2.60. The van der Waals surface area contributed by atoms with Gasteiger partial charge < -0.3 is 10.0 Å². The van der Waals surface area contributed by atoms with Crippen LogP contribution in [0.5, 0.6) is 0 Å². The molecule has 2 bridgehead atoms. The zero-order valence-electron chi connectivity index (χ0n) is 15.4. The van der Waals surface area contributed by atoms with Gasteiger partial charge in [0.2, 0.25) is 11.8 Å². The van der Waals surface area contributed by atoms with Crippen molar-refractivity contribution in [3.05, 3.63) is 0 Å². The summed E-state index contributed by atoms with van der Waals surface area (Å²) in [7, 11) is 0. The van der Waals surface area contributed by atoms with E-state index >= 15 is 0 Å². The summed E-state index contributed by atoms with van der Waals surface area (Å²) >= 11 is 0. The molecule has 1 aliphatic carbocycles. The van der Waals surface area contributed by atoms with E-state index in [0.717, 1.165) is 25.9 Å². The molecule has 1 saturated carbocycles. The molecule has 2 saturated heterocycles. The zero-order valence-corrected chi connectivity index (χ0v) is 15.4. The fourth-order valence-corrected chi connectivity index (χ4v) is 4.96. The van der Waals surface area contributed by atoms with Crippen LogP contribution in [-0.2, 0) is 9.59 Å². The van der Waals surface area contributed by atoms with Gasteiger partial charge >= 0.3 is 0 Å². The SMILES string of the molecule is CC1(C)[C@H]2CC[C@]1(C)C(=O)N(C[C@@H](O)CN1CCCCCC1)C2=O. The van der Waals surface area contributed by atoms with Gasteiger partial charge in [-0.25, -0.2) is 0 Å². The molecule has 2 amide bonds. The van der Waals surface area contributed by atoms with Gasteiger partial charge in [-0.05, 0) is 44.2 Å². The number of amides is 2. The van der Waals surface area contributed by atoms with E-state index in [4.69, 9.17) is 0 Å². The number of carbonyl (C=O) groups excluding carboxylic acids is 2. The molecule has 0 spiro atoms. The van der Waals surface area contributed by atoms with Gasteiger partial charge in [0.1, 0.15) is 0 Å². The summed E-state index contributed by atoms with van der Waals surface area (Å²) in [4.78, 5) is 29.4. The average Bonchev–Trinajstić information content (AvgIpc) is 2.70. The molecular weight excluding hydrogens is 304 g/mol. The van der Waals surface area contributed by atoms with Gasteiger partial charge in [-0.1, -0.05) is 33.6 Å². The second-order valence-electron chi connectivity index (χ2n) is 8.77. The predicted octanol–water partition coefficient (Wildman–Crippen LogP) is 2.03. The van der Waals surface area contributed by atoms with Crippen LogP contribution in [0.3, 0.4) is 0 Å². The number of imide groups is 1. The van der Waals surface area contributed by atoms with E-state index in [9.17, 15) is 14.7 Å². The molecule has 1 N–H and O–H groups in total. The molecule has 5 nitrogen and oxygen atoms in total. The minimum atomic E-state index is -0.653. The number of aliphatic hydroxyl groups excluding tert-OH is 1. The standard InChI is InChI=1S/C19H32N2O3/c1-18(2)15-8-9-19(18,3)17(24)21(16(15)23)13-14(22)12-20-10-6-4-5-7-11-20/h14-15,22H,4-13H2,1-3H3/t14-,15-,19+/m0/s1. The molecule has 2 heterocycles. The summed E-state index contributed by atoms with van der Waals surface area (Å²) in [5.74, 6) is -0.248. The fourth-order valence-electron chi connectivity index (χ4n) is 4.96. The Kier molecular flexibility index (Phi) is 4.77. The number of aliphatic hydroxyl groups is 1. The Balaban J connectivity index is 1.66. The first-order chi connectivity index (χ1) is 11.3. The lowest BCUT2D eigenvalue weighted by Gasteiger charge is -2.48. The van der Waals surface area contributed by atoms with E-state index in [-0.39, 0.29) is 29.7 Å². The fraction of sp³-hybridized carbons (Fsp3) is 0.895. The van der Waals surface area contributed by atoms with Crippen molar-refractivity contribution < 1.29 is 14.7 Å². The maximum absolute atomic E-state index is 13.0. The average molecular weight is 336 g/mol. The Morgan fingerprint density at radius 1 is 1.08 bits per heavy atom. The number of piperidine rings is 1. The lowest BCUT2D eigenvalue weighted by molar-refractivity contribution is -0.169. The maximum atomic E-state index is 13.0. The third-order valence-corrected chi connectivity index (χ3v) is 7.07. The van der Waals surface area contributed by atoms with Gasteiger partial charge in [-0.3, -0.25) is 14.5 Å². The molecule has 5 heteroatoms. The molecular formula is C19H32N2O3. The van der Waals surface area contributed by atoms with Gasteiger partial charge in [0, 0.05) is 12.5 Å². The quantitative estimate of drug-likeness (QED) is 0.798. The third kappa shape index (κ3) is 2.80. The van der Waals surface area contributed by atoms with Crippen LogP contribution >= 0.6 is 0 Å². The highest BCUT2D eigenvalue weighted by molar-refractivity contribution is 6.03. The number of hydrogen-bond acceptors (Lipinski definition) is 4. The van der Waals surface area contributed by atoms with Crippen LogP contribution in [0, 0.1) is 16.7 Å². The molecule has 24 heavy (non-hydrogen) atoms. The Bertz CT molecular complexity index is 511. The van der Waals surface area contributed by atoms with Crippen molar-refractivity contribution in [3.63, 3.8) is 0 Å². The first kappa shape index (κ1) is 17.9. The van der Waals surface area contributed by atoms with Crippen molar-refractivity contribution in [2.24, 2.45) is 16.7 Å². The number of fused-ring (bicyclic) bond motifs is 2. The molecule has 2 aliphatic heterocycles.